The summed E-state index contributed by atoms with van der Waals surface area (Å²) >= 11 is 0. The first-order valence-corrected chi connectivity index (χ1v) is 10.6. The number of ether oxygens (including phenoxy) is 2. The maximum atomic E-state index is 12.8. The third-order valence-electron chi connectivity index (χ3n) is 5.91. The Balaban J connectivity index is 1.35. The quantitative estimate of drug-likeness (QED) is 0.546. The van der Waals surface area contributed by atoms with Crippen LogP contribution in [0.4, 0.5) is 0 Å². The topological polar surface area (TPSA) is 84.9 Å². The van der Waals surface area contributed by atoms with E-state index in [1.165, 1.54) is 12.0 Å². The number of methoxy groups -OCH3 is 1. The molecule has 2 aromatic carbocycles. The number of carbonyl (C=O) groups is 3. The van der Waals surface area contributed by atoms with Crippen molar-refractivity contribution in [1.29, 1.82) is 0 Å². The van der Waals surface area contributed by atoms with Crippen LogP contribution in [0, 0.1) is 0 Å². The number of fused-ring (bicyclic) bond motifs is 1. The van der Waals surface area contributed by atoms with Crippen molar-refractivity contribution in [2.24, 2.45) is 0 Å². The lowest BCUT2D eigenvalue weighted by atomic mass is 9.89. The van der Waals surface area contributed by atoms with Gasteiger partial charge in [-0.05, 0) is 55.5 Å². The SMILES string of the molecule is COC(=O)COc1cccc(CN[C@@H]2CCC[C@H](N3C(=O)c4ccccc4C3=O)C2)c1. The van der Waals surface area contributed by atoms with Gasteiger partial charge in [-0.1, -0.05) is 24.3 Å². The van der Waals surface area contributed by atoms with E-state index < -0.39 is 5.97 Å². The van der Waals surface area contributed by atoms with Crippen LogP contribution in [-0.2, 0) is 16.1 Å². The van der Waals surface area contributed by atoms with Gasteiger partial charge in [0.25, 0.3) is 11.8 Å². The Hall–Kier alpha value is -3.19. The first-order chi connectivity index (χ1) is 15.1. The molecule has 1 heterocycles. The first-order valence-electron chi connectivity index (χ1n) is 10.6. The summed E-state index contributed by atoms with van der Waals surface area (Å²) in [6.07, 6.45) is 3.53. The maximum Gasteiger partial charge on any atom is 0.343 e. The Morgan fingerprint density at radius 3 is 2.52 bits per heavy atom. The standard InChI is InChI=1S/C24H26N2O5/c1-30-22(27)15-31-19-9-4-6-16(12-19)14-25-17-7-5-8-18(13-17)26-23(28)20-10-2-3-11-21(20)24(26)29/h2-4,6,9-12,17-18,25H,5,7-8,13-15H2,1H3/t17-,18+/m1/s1. The predicted octanol–water partition coefficient (Wildman–Crippen LogP) is 2.94. The Labute approximate surface area is 181 Å². The van der Waals surface area contributed by atoms with Crippen LogP contribution < -0.4 is 10.1 Å². The summed E-state index contributed by atoms with van der Waals surface area (Å²) in [5.41, 5.74) is 2.04. The third-order valence-corrected chi connectivity index (χ3v) is 5.91. The van der Waals surface area contributed by atoms with Gasteiger partial charge >= 0.3 is 5.97 Å². The Morgan fingerprint density at radius 2 is 1.81 bits per heavy atom. The van der Waals surface area contributed by atoms with E-state index in [1.54, 1.807) is 30.3 Å². The molecule has 0 spiro atoms. The van der Waals surface area contributed by atoms with Crippen molar-refractivity contribution in [3.63, 3.8) is 0 Å². The molecule has 0 aromatic heterocycles. The van der Waals surface area contributed by atoms with Gasteiger partial charge in [0.1, 0.15) is 5.75 Å². The highest BCUT2D eigenvalue weighted by Gasteiger charge is 2.41. The molecule has 1 saturated carbocycles. The summed E-state index contributed by atoms with van der Waals surface area (Å²) in [6.45, 7) is 0.507. The largest absolute Gasteiger partial charge is 0.482 e. The maximum absolute atomic E-state index is 12.8. The molecule has 1 aliphatic carbocycles. The van der Waals surface area contributed by atoms with Gasteiger partial charge in [-0.15, -0.1) is 0 Å². The van der Waals surface area contributed by atoms with E-state index in [4.69, 9.17) is 4.74 Å². The van der Waals surface area contributed by atoms with Crippen molar-refractivity contribution in [3.05, 3.63) is 65.2 Å². The molecule has 7 nitrogen and oxygen atoms in total. The zero-order valence-electron chi connectivity index (χ0n) is 17.5. The van der Waals surface area contributed by atoms with Gasteiger partial charge in [0.05, 0.1) is 18.2 Å². The molecule has 162 valence electrons. The summed E-state index contributed by atoms with van der Waals surface area (Å²) in [6, 6.07) is 14.7. The van der Waals surface area contributed by atoms with Gasteiger partial charge in [0, 0.05) is 18.6 Å². The van der Waals surface area contributed by atoms with Crippen molar-refractivity contribution in [1.82, 2.24) is 10.2 Å². The highest BCUT2D eigenvalue weighted by molar-refractivity contribution is 6.21. The molecular weight excluding hydrogens is 396 g/mol. The molecule has 1 aliphatic heterocycles. The van der Waals surface area contributed by atoms with Crippen molar-refractivity contribution in [2.75, 3.05) is 13.7 Å². The number of nitrogens with zero attached hydrogens (tertiary/aromatic N) is 1. The highest BCUT2D eigenvalue weighted by atomic mass is 16.6. The first kappa shape index (κ1) is 21.1. The zero-order chi connectivity index (χ0) is 21.8. The van der Waals surface area contributed by atoms with Gasteiger partial charge in [-0.25, -0.2) is 4.79 Å². The lowest BCUT2D eigenvalue weighted by molar-refractivity contribution is -0.142. The van der Waals surface area contributed by atoms with Crippen LogP contribution in [-0.4, -0.2) is 48.5 Å². The second-order valence-electron chi connectivity index (χ2n) is 7.94. The Bertz CT molecular complexity index is 954. The predicted molar refractivity (Wildman–Crippen MR) is 114 cm³/mol. The van der Waals surface area contributed by atoms with Gasteiger partial charge in [0.2, 0.25) is 0 Å². The van der Waals surface area contributed by atoms with Crippen LogP contribution in [0.15, 0.2) is 48.5 Å². The van der Waals surface area contributed by atoms with Crippen LogP contribution in [0.2, 0.25) is 0 Å². The number of hydrogen-bond acceptors (Lipinski definition) is 6. The summed E-state index contributed by atoms with van der Waals surface area (Å²) in [5, 5.41) is 3.55. The minimum Gasteiger partial charge on any atom is -0.482 e. The average molecular weight is 422 g/mol. The average Bonchev–Trinajstić information content (AvgIpc) is 3.06. The van der Waals surface area contributed by atoms with Gasteiger partial charge < -0.3 is 14.8 Å². The molecule has 1 fully saturated rings. The molecule has 2 atom stereocenters. The molecule has 31 heavy (non-hydrogen) atoms. The molecule has 2 aromatic rings. The lowest BCUT2D eigenvalue weighted by Crippen LogP contribution is -2.46. The van der Waals surface area contributed by atoms with E-state index in [2.05, 4.69) is 10.1 Å². The van der Waals surface area contributed by atoms with Gasteiger partial charge in [0.15, 0.2) is 6.61 Å². The fourth-order valence-electron chi connectivity index (χ4n) is 4.33. The summed E-state index contributed by atoms with van der Waals surface area (Å²) in [4.78, 5) is 38.3. The van der Waals surface area contributed by atoms with E-state index in [-0.39, 0.29) is 30.5 Å². The van der Waals surface area contributed by atoms with Crippen LogP contribution in [0.1, 0.15) is 52.0 Å². The lowest BCUT2D eigenvalue weighted by Gasteiger charge is -2.34. The van der Waals surface area contributed by atoms with Crippen LogP contribution in [0.25, 0.3) is 0 Å². The number of rotatable bonds is 7. The van der Waals surface area contributed by atoms with Crippen LogP contribution >= 0.6 is 0 Å². The smallest absolute Gasteiger partial charge is 0.343 e. The van der Waals surface area contributed by atoms with E-state index in [1.807, 2.05) is 18.2 Å². The number of esters is 1. The van der Waals surface area contributed by atoms with Crippen LogP contribution in [0.3, 0.4) is 0 Å². The van der Waals surface area contributed by atoms with E-state index in [9.17, 15) is 14.4 Å². The normalized spacial score (nSPS) is 20.5. The summed E-state index contributed by atoms with van der Waals surface area (Å²) in [5.74, 6) is -0.175. The number of hydrogen-bond donors (Lipinski definition) is 1. The molecule has 0 unspecified atom stereocenters. The molecule has 2 aliphatic rings. The number of imide groups is 1. The fraction of sp³-hybridized carbons (Fsp3) is 0.375. The van der Waals surface area contributed by atoms with Crippen molar-refractivity contribution >= 4 is 17.8 Å². The second kappa shape index (κ2) is 9.31. The molecule has 2 amide bonds. The van der Waals surface area contributed by atoms with Crippen molar-refractivity contribution in [3.8, 4) is 5.75 Å². The molecule has 1 N–H and O–H groups in total. The van der Waals surface area contributed by atoms with E-state index in [0.29, 0.717) is 23.4 Å². The van der Waals surface area contributed by atoms with Crippen molar-refractivity contribution < 1.29 is 23.9 Å². The molecular formula is C24H26N2O5. The summed E-state index contributed by atoms with van der Waals surface area (Å²) in [7, 11) is 1.32. The Kier molecular flexibility index (Phi) is 6.32. The van der Waals surface area contributed by atoms with E-state index >= 15 is 0 Å². The number of nitrogens with one attached hydrogen (secondary N) is 1. The molecule has 4 rings (SSSR count). The molecule has 7 heteroatoms. The van der Waals surface area contributed by atoms with Gasteiger partial charge in [-0.3, -0.25) is 14.5 Å². The monoisotopic (exact) mass is 422 g/mol. The number of amides is 2. The van der Waals surface area contributed by atoms with Crippen LogP contribution in [0.5, 0.6) is 5.75 Å². The summed E-state index contributed by atoms with van der Waals surface area (Å²) < 4.78 is 10.0. The minimum atomic E-state index is -0.426. The van der Waals surface area contributed by atoms with E-state index in [0.717, 1.165) is 31.2 Å². The molecule has 0 saturated heterocycles. The number of carbonyl (C=O) groups excluding carboxylic acids is 3. The minimum absolute atomic E-state index is 0.0895. The third kappa shape index (κ3) is 4.61. The molecule has 0 bridgehead atoms. The Morgan fingerprint density at radius 1 is 1.06 bits per heavy atom. The van der Waals surface area contributed by atoms with Gasteiger partial charge in [-0.2, -0.15) is 0 Å². The zero-order valence-corrected chi connectivity index (χ0v) is 17.5. The highest BCUT2D eigenvalue weighted by Crippen LogP contribution is 2.31. The molecule has 0 radical (unpaired) electrons. The number of benzene rings is 2. The second-order valence-corrected chi connectivity index (χ2v) is 7.94. The fourth-order valence-corrected chi connectivity index (χ4v) is 4.33. The van der Waals surface area contributed by atoms with Crippen molar-refractivity contribution in [2.45, 2.75) is 44.3 Å².